The van der Waals surface area contributed by atoms with E-state index in [4.69, 9.17) is 9.47 Å². The molecule has 33 heavy (non-hydrogen) atoms. The number of rotatable bonds is 7. The average Bonchev–Trinajstić information content (AvgIpc) is 2.83. The van der Waals surface area contributed by atoms with E-state index in [1.807, 2.05) is 0 Å². The first-order valence-corrected chi connectivity index (χ1v) is 13.7. The van der Waals surface area contributed by atoms with E-state index in [-0.39, 0.29) is 10.9 Å². The molecule has 3 aromatic rings. The van der Waals surface area contributed by atoms with E-state index in [1.165, 1.54) is 52.4 Å². The van der Waals surface area contributed by atoms with Gasteiger partial charge in [0.2, 0.25) is 0 Å². The second-order valence-corrected chi connectivity index (χ2v) is 12.2. The Morgan fingerprint density at radius 3 is 1.85 bits per heavy atom. The molecular formula is C30H33O2S+. The Hall–Kier alpha value is -2.23. The zero-order valence-corrected chi connectivity index (χ0v) is 20.2. The minimum absolute atomic E-state index is 0.133. The van der Waals surface area contributed by atoms with Gasteiger partial charge in [0.1, 0.15) is 5.75 Å². The molecule has 2 nitrogen and oxygen atoms in total. The third-order valence-corrected chi connectivity index (χ3v) is 10.3. The van der Waals surface area contributed by atoms with E-state index in [2.05, 4.69) is 85.8 Å². The molecule has 0 atom stereocenters. The maximum absolute atomic E-state index is 6.36. The van der Waals surface area contributed by atoms with E-state index >= 15 is 0 Å². The molecule has 0 spiro atoms. The highest BCUT2D eigenvalue weighted by Crippen LogP contribution is 2.54. The Kier molecular flexibility index (Phi) is 5.94. The minimum atomic E-state index is -0.133. The Labute approximate surface area is 200 Å². The number of ether oxygens (including phenoxy) is 2. The molecule has 0 radical (unpaired) electrons. The van der Waals surface area contributed by atoms with Crippen LogP contribution in [-0.4, -0.2) is 12.9 Å². The molecule has 0 aliphatic heterocycles. The summed E-state index contributed by atoms with van der Waals surface area (Å²) in [5.74, 6) is 4.41. The van der Waals surface area contributed by atoms with Crippen LogP contribution in [0.3, 0.4) is 0 Å². The van der Waals surface area contributed by atoms with Crippen LogP contribution in [0.5, 0.6) is 5.75 Å². The minimum Gasteiger partial charge on any atom is -0.468 e. The molecule has 3 aromatic carbocycles. The molecule has 4 aliphatic carbocycles. The van der Waals surface area contributed by atoms with Gasteiger partial charge in [0.25, 0.3) is 0 Å². The Bertz CT molecular complexity index is 1010. The molecule has 4 saturated carbocycles. The zero-order valence-electron chi connectivity index (χ0n) is 19.4. The predicted octanol–water partition coefficient (Wildman–Crippen LogP) is 7.27. The maximum atomic E-state index is 6.36. The molecule has 0 amide bonds. The van der Waals surface area contributed by atoms with Gasteiger partial charge in [-0.05, 0) is 105 Å². The third kappa shape index (κ3) is 4.34. The van der Waals surface area contributed by atoms with Gasteiger partial charge in [-0.1, -0.05) is 36.4 Å². The standard InChI is InChI=1S/C30H33O2S/c1-21-14-26(31-20-32-30-24-16-22-15-23(18-24)19-25(30)17-22)12-13-29(21)33(27-8-4-2-5-9-27)28-10-6-3-7-11-28/h2-14,22-25,30H,15-20H2,1H3/q+1. The van der Waals surface area contributed by atoms with Crippen LogP contribution in [0.15, 0.2) is 93.5 Å². The van der Waals surface area contributed by atoms with Gasteiger partial charge in [0.05, 0.1) is 17.0 Å². The largest absolute Gasteiger partial charge is 0.468 e. The third-order valence-electron chi connectivity index (χ3n) is 7.95. The van der Waals surface area contributed by atoms with Gasteiger partial charge in [-0.3, -0.25) is 0 Å². The van der Waals surface area contributed by atoms with E-state index < -0.39 is 0 Å². The smallest absolute Gasteiger partial charge is 0.189 e. The van der Waals surface area contributed by atoms with Crippen LogP contribution in [0.1, 0.15) is 37.7 Å². The first-order valence-electron chi connectivity index (χ1n) is 12.4. The predicted molar refractivity (Wildman–Crippen MR) is 134 cm³/mol. The lowest BCUT2D eigenvalue weighted by molar-refractivity contribution is -0.155. The lowest BCUT2D eigenvalue weighted by Crippen LogP contribution is -2.49. The lowest BCUT2D eigenvalue weighted by Gasteiger charge is -2.53. The Morgan fingerprint density at radius 2 is 1.30 bits per heavy atom. The van der Waals surface area contributed by atoms with Crippen LogP contribution in [0.4, 0.5) is 0 Å². The van der Waals surface area contributed by atoms with Crippen molar-refractivity contribution >= 4 is 10.9 Å². The van der Waals surface area contributed by atoms with Gasteiger partial charge in [-0.25, -0.2) is 0 Å². The van der Waals surface area contributed by atoms with Gasteiger partial charge < -0.3 is 9.47 Å². The maximum Gasteiger partial charge on any atom is 0.189 e. The molecule has 0 N–H and O–H groups in total. The molecular weight excluding hydrogens is 424 g/mol. The fraction of sp³-hybridized carbons (Fsp3) is 0.400. The molecule has 0 unspecified atom stereocenters. The zero-order chi connectivity index (χ0) is 22.2. The van der Waals surface area contributed by atoms with E-state index in [9.17, 15) is 0 Å². The second-order valence-electron chi connectivity index (χ2n) is 10.2. The highest BCUT2D eigenvalue weighted by atomic mass is 32.2. The van der Waals surface area contributed by atoms with Gasteiger partial charge in [-0.15, -0.1) is 0 Å². The van der Waals surface area contributed by atoms with Crippen molar-refractivity contribution in [1.29, 1.82) is 0 Å². The van der Waals surface area contributed by atoms with Crippen LogP contribution < -0.4 is 4.74 Å². The summed E-state index contributed by atoms with van der Waals surface area (Å²) in [5.41, 5.74) is 1.26. The van der Waals surface area contributed by atoms with Crippen molar-refractivity contribution in [2.45, 2.75) is 59.8 Å². The molecule has 3 heteroatoms. The van der Waals surface area contributed by atoms with Crippen molar-refractivity contribution in [3.8, 4) is 5.75 Å². The lowest BCUT2D eigenvalue weighted by atomic mass is 9.55. The molecule has 4 fully saturated rings. The fourth-order valence-electron chi connectivity index (χ4n) is 6.77. The van der Waals surface area contributed by atoms with Crippen molar-refractivity contribution < 1.29 is 9.47 Å². The average molecular weight is 458 g/mol. The van der Waals surface area contributed by atoms with Crippen molar-refractivity contribution in [3.63, 3.8) is 0 Å². The van der Waals surface area contributed by atoms with E-state index in [0.29, 0.717) is 12.9 Å². The Morgan fingerprint density at radius 1 is 0.727 bits per heavy atom. The monoisotopic (exact) mass is 457 g/mol. The van der Waals surface area contributed by atoms with Crippen LogP contribution in [0, 0.1) is 30.6 Å². The van der Waals surface area contributed by atoms with Crippen LogP contribution in [0.2, 0.25) is 0 Å². The summed E-state index contributed by atoms with van der Waals surface area (Å²) in [5, 5.41) is 0. The first-order chi connectivity index (χ1) is 16.2. The number of benzene rings is 3. The number of hydrogen-bond acceptors (Lipinski definition) is 2. The molecule has 0 heterocycles. The number of aryl methyl sites for hydroxylation is 1. The normalized spacial score (nSPS) is 27.8. The summed E-state index contributed by atoms with van der Waals surface area (Å²) in [6.45, 7) is 2.57. The highest BCUT2D eigenvalue weighted by molar-refractivity contribution is 7.97. The topological polar surface area (TPSA) is 18.5 Å². The molecule has 4 aliphatic rings. The Balaban J connectivity index is 1.16. The summed E-state index contributed by atoms with van der Waals surface area (Å²) >= 11 is 0. The van der Waals surface area contributed by atoms with Crippen LogP contribution >= 0.6 is 0 Å². The second kappa shape index (κ2) is 9.19. The van der Waals surface area contributed by atoms with E-state index in [0.717, 1.165) is 29.4 Å². The fourth-order valence-corrected chi connectivity index (χ4v) is 9.00. The van der Waals surface area contributed by atoms with Crippen LogP contribution in [0.25, 0.3) is 0 Å². The van der Waals surface area contributed by atoms with Crippen molar-refractivity contribution in [3.05, 3.63) is 84.4 Å². The number of hydrogen-bond donors (Lipinski definition) is 0. The molecule has 170 valence electrons. The van der Waals surface area contributed by atoms with Gasteiger partial charge in [-0.2, -0.15) is 0 Å². The molecule has 4 bridgehead atoms. The SMILES string of the molecule is Cc1cc(OCOC2C3CC4CC(C3)CC2C4)ccc1[S+](c1ccccc1)c1ccccc1. The van der Waals surface area contributed by atoms with Crippen molar-refractivity contribution in [2.24, 2.45) is 23.7 Å². The molecule has 0 aromatic heterocycles. The summed E-state index contributed by atoms with van der Waals surface area (Å²) in [4.78, 5) is 4.03. The van der Waals surface area contributed by atoms with Crippen molar-refractivity contribution in [1.82, 2.24) is 0 Å². The van der Waals surface area contributed by atoms with Gasteiger partial charge in [0, 0.05) is 5.56 Å². The molecule has 7 rings (SSSR count). The summed E-state index contributed by atoms with van der Waals surface area (Å²) in [7, 11) is -0.133. The van der Waals surface area contributed by atoms with Gasteiger partial charge in [0.15, 0.2) is 21.5 Å². The van der Waals surface area contributed by atoms with Crippen molar-refractivity contribution in [2.75, 3.05) is 6.79 Å². The summed E-state index contributed by atoms with van der Waals surface area (Å²) in [6, 6.07) is 28.2. The van der Waals surface area contributed by atoms with E-state index in [1.54, 1.807) is 0 Å². The first kappa shape index (κ1) is 21.3. The summed E-state index contributed by atoms with van der Waals surface area (Å²) < 4.78 is 12.5. The highest BCUT2D eigenvalue weighted by Gasteiger charge is 2.48. The quantitative estimate of drug-likeness (QED) is 0.274. The van der Waals surface area contributed by atoms with Crippen LogP contribution in [-0.2, 0) is 15.6 Å². The molecule has 0 saturated heterocycles. The summed E-state index contributed by atoms with van der Waals surface area (Å²) in [6.07, 6.45) is 7.43. The van der Waals surface area contributed by atoms with Gasteiger partial charge >= 0.3 is 0 Å².